The zero-order valence-electron chi connectivity index (χ0n) is 14.8. The Labute approximate surface area is 146 Å². The van der Waals surface area contributed by atoms with Crippen molar-refractivity contribution in [3.63, 3.8) is 0 Å². The molecule has 0 aliphatic carbocycles. The van der Waals surface area contributed by atoms with E-state index in [4.69, 9.17) is 18.9 Å². The third-order valence-corrected chi connectivity index (χ3v) is 2.65. The van der Waals surface area contributed by atoms with Crippen LogP contribution in [0.2, 0.25) is 0 Å². The van der Waals surface area contributed by atoms with Crippen molar-refractivity contribution in [2.24, 2.45) is 0 Å². The molecule has 9 heteroatoms. The third kappa shape index (κ3) is 12.6. The molecule has 1 atom stereocenters. The van der Waals surface area contributed by atoms with Gasteiger partial charge in [0.2, 0.25) is 5.91 Å². The second-order valence-electron chi connectivity index (χ2n) is 5.17. The highest BCUT2D eigenvalue weighted by Gasteiger charge is 2.12. The number of amides is 1. The zero-order valence-corrected chi connectivity index (χ0v) is 14.8. The van der Waals surface area contributed by atoms with Crippen molar-refractivity contribution < 1.29 is 38.1 Å². The van der Waals surface area contributed by atoms with Crippen molar-refractivity contribution in [1.82, 2.24) is 5.32 Å². The average molecular weight is 359 g/mol. The molecule has 0 fully saturated rings. The van der Waals surface area contributed by atoms with Crippen LogP contribution in [0.5, 0.6) is 0 Å². The summed E-state index contributed by atoms with van der Waals surface area (Å²) in [4.78, 5) is 45.4. The number of carbonyl (C=O) groups is 4. The van der Waals surface area contributed by atoms with Crippen molar-refractivity contribution in [3.8, 4) is 0 Å². The van der Waals surface area contributed by atoms with E-state index in [2.05, 4.69) is 11.9 Å². The van der Waals surface area contributed by atoms with Crippen LogP contribution < -0.4 is 5.32 Å². The number of rotatable bonds is 12. The van der Waals surface area contributed by atoms with Crippen molar-refractivity contribution in [2.75, 3.05) is 33.5 Å². The first-order valence-electron chi connectivity index (χ1n) is 7.69. The van der Waals surface area contributed by atoms with Crippen LogP contribution >= 0.6 is 0 Å². The highest BCUT2D eigenvalue weighted by Crippen LogP contribution is 1.96. The predicted molar refractivity (Wildman–Crippen MR) is 86.4 cm³/mol. The molecule has 0 radical (unpaired) electrons. The molecule has 0 rings (SSSR count). The lowest BCUT2D eigenvalue weighted by Crippen LogP contribution is -2.33. The van der Waals surface area contributed by atoms with Crippen LogP contribution in [0.4, 0.5) is 0 Å². The summed E-state index contributed by atoms with van der Waals surface area (Å²) >= 11 is 0. The number of hydrogen-bond donors (Lipinski definition) is 1. The Kier molecular flexibility index (Phi) is 11.7. The first-order chi connectivity index (χ1) is 11.8. The molecule has 25 heavy (non-hydrogen) atoms. The van der Waals surface area contributed by atoms with E-state index in [1.165, 1.54) is 14.0 Å². The van der Waals surface area contributed by atoms with Crippen molar-refractivity contribution in [3.05, 3.63) is 12.2 Å². The standard InChI is InChI=1S/C16H25NO8/c1-11(2)16(21)24-8-7-23-14(19)6-5-13(18)17-9-15(20)25-12(3)10-22-4/h12H,1,5-10H2,2-4H3,(H,17,18). The van der Waals surface area contributed by atoms with Crippen molar-refractivity contribution in [1.29, 1.82) is 0 Å². The van der Waals surface area contributed by atoms with Gasteiger partial charge in [-0.1, -0.05) is 6.58 Å². The molecule has 0 heterocycles. The maximum Gasteiger partial charge on any atom is 0.333 e. The average Bonchev–Trinajstić information content (AvgIpc) is 2.54. The number of nitrogens with one attached hydrogen (secondary N) is 1. The largest absolute Gasteiger partial charge is 0.462 e. The molecule has 142 valence electrons. The van der Waals surface area contributed by atoms with E-state index in [1.807, 2.05) is 0 Å². The van der Waals surface area contributed by atoms with Crippen LogP contribution in [0.1, 0.15) is 26.7 Å². The SMILES string of the molecule is C=C(C)C(=O)OCCOC(=O)CCC(=O)NCC(=O)OC(C)COC. The fourth-order valence-electron chi connectivity index (χ4n) is 1.49. The highest BCUT2D eigenvalue weighted by atomic mass is 16.6. The molecule has 0 aromatic carbocycles. The summed E-state index contributed by atoms with van der Waals surface area (Å²) in [6.07, 6.45) is -0.705. The molecule has 1 N–H and O–H groups in total. The van der Waals surface area contributed by atoms with Gasteiger partial charge in [0.05, 0.1) is 13.0 Å². The topological polar surface area (TPSA) is 117 Å². The number of esters is 3. The van der Waals surface area contributed by atoms with E-state index < -0.39 is 29.9 Å². The number of hydrogen-bond acceptors (Lipinski definition) is 8. The summed E-state index contributed by atoms with van der Waals surface area (Å²) in [5.74, 6) is -2.26. The fraction of sp³-hybridized carbons (Fsp3) is 0.625. The van der Waals surface area contributed by atoms with E-state index in [9.17, 15) is 19.2 Å². The number of methoxy groups -OCH3 is 1. The Morgan fingerprint density at radius 1 is 1.04 bits per heavy atom. The summed E-state index contributed by atoms with van der Waals surface area (Å²) < 4.78 is 19.3. The van der Waals surface area contributed by atoms with E-state index in [1.54, 1.807) is 6.92 Å². The lowest BCUT2D eigenvalue weighted by Gasteiger charge is -2.12. The van der Waals surface area contributed by atoms with Crippen LogP contribution in [0.3, 0.4) is 0 Å². The monoisotopic (exact) mass is 359 g/mol. The van der Waals surface area contributed by atoms with Gasteiger partial charge in [-0.05, 0) is 13.8 Å². The molecule has 0 saturated carbocycles. The summed E-state index contributed by atoms with van der Waals surface area (Å²) in [6.45, 7) is 6.34. The Hall–Kier alpha value is -2.42. The maximum absolute atomic E-state index is 11.5. The molecule has 1 amide bonds. The molecule has 1 unspecified atom stereocenters. The van der Waals surface area contributed by atoms with Gasteiger partial charge in [0.1, 0.15) is 25.9 Å². The molecular formula is C16H25NO8. The van der Waals surface area contributed by atoms with Gasteiger partial charge in [-0.25, -0.2) is 4.79 Å². The lowest BCUT2D eigenvalue weighted by molar-refractivity contribution is -0.151. The molecule has 0 aliphatic heterocycles. The molecule has 0 aromatic rings. The maximum atomic E-state index is 11.5. The Morgan fingerprint density at radius 3 is 2.28 bits per heavy atom. The van der Waals surface area contributed by atoms with Gasteiger partial charge in [-0.3, -0.25) is 14.4 Å². The minimum absolute atomic E-state index is 0.0882. The molecular weight excluding hydrogens is 334 g/mol. The van der Waals surface area contributed by atoms with Gasteiger partial charge in [0.25, 0.3) is 0 Å². The van der Waals surface area contributed by atoms with E-state index >= 15 is 0 Å². The first kappa shape index (κ1) is 22.6. The fourth-order valence-corrected chi connectivity index (χ4v) is 1.49. The van der Waals surface area contributed by atoms with Crippen LogP contribution in [0.25, 0.3) is 0 Å². The van der Waals surface area contributed by atoms with Crippen molar-refractivity contribution in [2.45, 2.75) is 32.8 Å². The Morgan fingerprint density at radius 2 is 1.68 bits per heavy atom. The van der Waals surface area contributed by atoms with Gasteiger partial charge < -0.3 is 24.3 Å². The normalized spacial score (nSPS) is 11.2. The van der Waals surface area contributed by atoms with E-state index in [0.29, 0.717) is 0 Å². The van der Waals surface area contributed by atoms with Crippen LogP contribution in [0.15, 0.2) is 12.2 Å². The third-order valence-electron chi connectivity index (χ3n) is 2.65. The lowest BCUT2D eigenvalue weighted by atomic mass is 10.3. The minimum atomic E-state index is -0.613. The van der Waals surface area contributed by atoms with E-state index in [-0.39, 0.29) is 44.8 Å². The van der Waals surface area contributed by atoms with Gasteiger partial charge in [-0.15, -0.1) is 0 Å². The summed E-state index contributed by atoms with van der Waals surface area (Å²) in [6, 6.07) is 0. The predicted octanol–water partition coefficient (Wildman–Crippen LogP) is 0.123. The quantitative estimate of drug-likeness (QED) is 0.226. The minimum Gasteiger partial charge on any atom is -0.462 e. The molecule has 0 aliphatic rings. The second-order valence-corrected chi connectivity index (χ2v) is 5.17. The van der Waals surface area contributed by atoms with E-state index in [0.717, 1.165) is 0 Å². The van der Waals surface area contributed by atoms with Gasteiger partial charge in [-0.2, -0.15) is 0 Å². The van der Waals surface area contributed by atoms with Gasteiger partial charge >= 0.3 is 17.9 Å². The highest BCUT2D eigenvalue weighted by molar-refractivity contribution is 5.87. The molecule has 0 aromatic heterocycles. The summed E-state index contributed by atoms with van der Waals surface area (Å²) in [5, 5.41) is 2.34. The number of ether oxygens (including phenoxy) is 4. The first-order valence-corrected chi connectivity index (χ1v) is 7.69. The molecule has 0 saturated heterocycles. The summed E-state index contributed by atoms with van der Waals surface area (Å²) in [5.41, 5.74) is 0.248. The molecule has 0 bridgehead atoms. The number of carbonyl (C=O) groups excluding carboxylic acids is 4. The van der Waals surface area contributed by atoms with Crippen molar-refractivity contribution >= 4 is 23.8 Å². The zero-order chi connectivity index (χ0) is 19.2. The smallest absolute Gasteiger partial charge is 0.333 e. The van der Waals surface area contributed by atoms with Crippen LogP contribution in [-0.2, 0) is 38.1 Å². The Balaban J connectivity index is 3.77. The van der Waals surface area contributed by atoms with Crippen LogP contribution in [-0.4, -0.2) is 63.4 Å². The van der Waals surface area contributed by atoms with Gasteiger partial charge in [0.15, 0.2) is 0 Å². The Bertz CT molecular complexity index is 489. The summed E-state index contributed by atoms with van der Waals surface area (Å²) in [7, 11) is 1.48. The van der Waals surface area contributed by atoms with Crippen LogP contribution in [0, 0.1) is 0 Å². The molecule has 9 nitrogen and oxygen atoms in total. The molecule has 0 spiro atoms. The second kappa shape index (κ2) is 12.9. The van der Waals surface area contributed by atoms with Gasteiger partial charge in [0, 0.05) is 19.1 Å².